The molecule has 20 heavy (non-hydrogen) atoms. The predicted molar refractivity (Wildman–Crippen MR) is 77.6 cm³/mol. The van der Waals surface area contributed by atoms with Crippen molar-refractivity contribution < 1.29 is 14.7 Å². The van der Waals surface area contributed by atoms with E-state index in [0.717, 1.165) is 5.56 Å². The standard InChI is InChI=1S/C15H22N2O3/c1-11(16)7-8-14(18)17(2)10-9-12-5-3-4-6-13(12)15(19)20/h3-6,11H,7-10,16H2,1-2H3,(H,19,20). The summed E-state index contributed by atoms with van der Waals surface area (Å²) in [5.74, 6) is -0.901. The zero-order valence-corrected chi connectivity index (χ0v) is 12.0. The van der Waals surface area contributed by atoms with Crippen molar-refractivity contribution in [3.05, 3.63) is 35.4 Å². The van der Waals surface area contributed by atoms with Gasteiger partial charge in [0.05, 0.1) is 5.56 Å². The number of likely N-dealkylation sites (N-methyl/N-ethyl adjacent to an activating group) is 1. The third-order valence-electron chi connectivity index (χ3n) is 3.20. The molecule has 5 nitrogen and oxygen atoms in total. The van der Waals surface area contributed by atoms with Crippen LogP contribution in [0.2, 0.25) is 0 Å². The summed E-state index contributed by atoms with van der Waals surface area (Å²) < 4.78 is 0. The third-order valence-corrected chi connectivity index (χ3v) is 3.20. The number of nitrogens with two attached hydrogens (primary N) is 1. The lowest BCUT2D eigenvalue weighted by Crippen LogP contribution is -2.30. The Hall–Kier alpha value is -1.88. The highest BCUT2D eigenvalue weighted by molar-refractivity contribution is 5.89. The lowest BCUT2D eigenvalue weighted by Gasteiger charge is -2.18. The van der Waals surface area contributed by atoms with E-state index in [1.807, 2.05) is 6.92 Å². The first-order valence-electron chi connectivity index (χ1n) is 6.72. The van der Waals surface area contributed by atoms with Crippen LogP contribution in [0.1, 0.15) is 35.7 Å². The molecule has 5 heteroatoms. The van der Waals surface area contributed by atoms with Crippen LogP contribution in [0.15, 0.2) is 24.3 Å². The first-order valence-corrected chi connectivity index (χ1v) is 6.72. The summed E-state index contributed by atoms with van der Waals surface area (Å²) in [6.07, 6.45) is 1.62. The lowest BCUT2D eigenvalue weighted by molar-refractivity contribution is -0.130. The van der Waals surface area contributed by atoms with E-state index in [4.69, 9.17) is 10.8 Å². The van der Waals surface area contributed by atoms with Gasteiger partial charge < -0.3 is 15.7 Å². The highest BCUT2D eigenvalue weighted by atomic mass is 16.4. The van der Waals surface area contributed by atoms with Crippen molar-refractivity contribution in [3.8, 4) is 0 Å². The van der Waals surface area contributed by atoms with E-state index >= 15 is 0 Å². The van der Waals surface area contributed by atoms with Crippen molar-refractivity contribution in [3.63, 3.8) is 0 Å². The van der Waals surface area contributed by atoms with Crippen molar-refractivity contribution in [2.24, 2.45) is 5.73 Å². The molecule has 1 rings (SSSR count). The van der Waals surface area contributed by atoms with Gasteiger partial charge in [0.2, 0.25) is 5.91 Å². The van der Waals surface area contributed by atoms with Crippen LogP contribution in [0.4, 0.5) is 0 Å². The summed E-state index contributed by atoms with van der Waals surface area (Å²) in [6.45, 7) is 2.37. The van der Waals surface area contributed by atoms with E-state index in [2.05, 4.69) is 0 Å². The second kappa shape index (κ2) is 7.65. The molecule has 0 saturated heterocycles. The fraction of sp³-hybridized carbons (Fsp3) is 0.467. The van der Waals surface area contributed by atoms with Crippen molar-refractivity contribution in [1.29, 1.82) is 0 Å². The number of carbonyl (C=O) groups excluding carboxylic acids is 1. The Morgan fingerprint density at radius 2 is 2.00 bits per heavy atom. The van der Waals surface area contributed by atoms with Gasteiger partial charge in [0.15, 0.2) is 0 Å². The van der Waals surface area contributed by atoms with Crippen LogP contribution < -0.4 is 5.73 Å². The second-order valence-electron chi connectivity index (χ2n) is 5.04. The maximum absolute atomic E-state index is 11.8. The van der Waals surface area contributed by atoms with Gasteiger partial charge in [-0.1, -0.05) is 18.2 Å². The van der Waals surface area contributed by atoms with Crippen LogP contribution in [-0.4, -0.2) is 41.5 Å². The number of rotatable bonds is 7. The maximum Gasteiger partial charge on any atom is 0.335 e. The largest absolute Gasteiger partial charge is 0.478 e. The summed E-state index contributed by atoms with van der Waals surface area (Å²) in [5.41, 5.74) is 6.66. The molecule has 0 aliphatic carbocycles. The van der Waals surface area contributed by atoms with Crippen molar-refractivity contribution in [2.45, 2.75) is 32.2 Å². The Labute approximate surface area is 119 Å². The number of amides is 1. The molecule has 110 valence electrons. The molecule has 1 aromatic rings. The van der Waals surface area contributed by atoms with Crippen LogP contribution in [0.3, 0.4) is 0 Å². The van der Waals surface area contributed by atoms with Crippen molar-refractivity contribution in [2.75, 3.05) is 13.6 Å². The minimum atomic E-state index is -0.938. The summed E-state index contributed by atoms with van der Waals surface area (Å²) >= 11 is 0. The molecule has 1 unspecified atom stereocenters. The minimum Gasteiger partial charge on any atom is -0.478 e. The zero-order valence-electron chi connectivity index (χ0n) is 12.0. The fourth-order valence-corrected chi connectivity index (χ4v) is 1.90. The first kappa shape index (κ1) is 16.2. The van der Waals surface area contributed by atoms with E-state index in [9.17, 15) is 9.59 Å². The quantitative estimate of drug-likeness (QED) is 0.792. The van der Waals surface area contributed by atoms with Crippen molar-refractivity contribution in [1.82, 2.24) is 4.90 Å². The van der Waals surface area contributed by atoms with Gasteiger partial charge in [0.25, 0.3) is 0 Å². The Morgan fingerprint density at radius 3 is 2.60 bits per heavy atom. The summed E-state index contributed by atoms with van der Waals surface area (Å²) in [7, 11) is 1.73. The average molecular weight is 278 g/mol. The number of aromatic carboxylic acids is 1. The number of hydrogen-bond donors (Lipinski definition) is 2. The molecule has 3 N–H and O–H groups in total. The summed E-state index contributed by atoms with van der Waals surface area (Å²) in [4.78, 5) is 24.6. The average Bonchev–Trinajstić information content (AvgIpc) is 2.42. The Morgan fingerprint density at radius 1 is 1.35 bits per heavy atom. The number of carbonyl (C=O) groups is 2. The molecule has 0 aromatic heterocycles. The van der Waals surface area contributed by atoms with Gasteiger partial charge in [0.1, 0.15) is 0 Å². The Balaban J connectivity index is 2.54. The number of hydrogen-bond acceptors (Lipinski definition) is 3. The van der Waals surface area contributed by atoms with Crippen LogP contribution in [0, 0.1) is 0 Å². The van der Waals surface area contributed by atoms with E-state index in [1.165, 1.54) is 0 Å². The van der Waals surface area contributed by atoms with E-state index in [1.54, 1.807) is 36.2 Å². The molecule has 0 radical (unpaired) electrons. The molecule has 0 heterocycles. The SMILES string of the molecule is CC(N)CCC(=O)N(C)CCc1ccccc1C(=O)O. The second-order valence-corrected chi connectivity index (χ2v) is 5.04. The molecular formula is C15H22N2O3. The number of carboxylic acid groups (broad SMARTS) is 1. The van der Waals surface area contributed by atoms with Crippen LogP contribution in [0.25, 0.3) is 0 Å². The van der Waals surface area contributed by atoms with Gasteiger partial charge in [0, 0.05) is 26.1 Å². The number of benzene rings is 1. The topological polar surface area (TPSA) is 83.6 Å². The van der Waals surface area contributed by atoms with Crippen molar-refractivity contribution >= 4 is 11.9 Å². The van der Waals surface area contributed by atoms with Gasteiger partial charge in [-0.25, -0.2) is 4.79 Å². The van der Waals surface area contributed by atoms with Crippen LogP contribution in [-0.2, 0) is 11.2 Å². The highest BCUT2D eigenvalue weighted by Gasteiger charge is 2.12. The molecule has 0 spiro atoms. The molecule has 0 aliphatic heterocycles. The number of carboxylic acids is 1. The molecule has 1 amide bonds. The smallest absolute Gasteiger partial charge is 0.335 e. The van der Waals surface area contributed by atoms with Gasteiger partial charge in [-0.2, -0.15) is 0 Å². The molecule has 0 saturated carbocycles. The molecule has 1 aromatic carbocycles. The minimum absolute atomic E-state index is 0.0140. The van der Waals surface area contributed by atoms with Gasteiger partial charge in [-0.3, -0.25) is 4.79 Å². The molecular weight excluding hydrogens is 256 g/mol. The Kier molecular flexibility index (Phi) is 6.18. The first-order chi connectivity index (χ1) is 9.41. The van der Waals surface area contributed by atoms with E-state index in [0.29, 0.717) is 31.4 Å². The van der Waals surface area contributed by atoms with E-state index in [-0.39, 0.29) is 11.9 Å². The molecule has 0 bridgehead atoms. The lowest BCUT2D eigenvalue weighted by atomic mass is 10.0. The van der Waals surface area contributed by atoms with Crippen LogP contribution in [0.5, 0.6) is 0 Å². The van der Waals surface area contributed by atoms with Crippen LogP contribution >= 0.6 is 0 Å². The molecule has 0 fully saturated rings. The highest BCUT2D eigenvalue weighted by Crippen LogP contribution is 2.10. The van der Waals surface area contributed by atoms with Gasteiger partial charge in [-0.05, 0) is 31.4 Å². The zero-order chi connectivity index (χ0) is 15.1. The fourth-order valence-electron chi connectivity index (χ4n) is 1.90. The molecule has 0 aliphatic rings. The summed E-state index contributed by atoms with van der Waals surface area (Å²) in [5, 5.41) is 9.09. The predicted octanol–water partition coefficient (Wildman–Crippen LogP) is 1.51. The maximum atomic E-state index is 11.8. The molecule has 1 atom stereocenters. The third kappa shape index (κ3) is 5.01. The van der Waals surface area contributed by atoms with Gasteiger partial charge in [-0.15, -0.1) is 0 Å². The van der Waals surface area contributed by atoms with E-state index < -0.39 is 5.97 Å². The normalized spacial score (nSPS) is 11.9. The number of nitrogens with zero attached hydrogens (tertiary/aromatic N) is 1. The van der Waals surface area contributed by atoms with Gasteiger partial charge >= 0.3 is 5.97 Å². The Bertz CT molecular complexity index is 472. The monoisotopic (exact) mass is 278 g/mol. The summed E-state index contributed by atoms with van der Waals surface area (Å²) in [6, 6.07) is 6.88.